The van der Waals surface area contributed by atoms with E-state index >= 15 is 0 Å². The molecule has 0 radical (unpaired) electrons. The highest BCUT2D eigenvalue weighted by Gasteiger charge is 2.50. The van der Waals surface area contributed by atoms with E-state index < -0.39 is 0 Å². The van der Waals surface area contributed by atoms with Crippen LogP contribution in [0.3, 0.4) is 0 Å². The number of rotatable bonds is 2. The molecule has 4 N–H and O–H groups in total. The van der Waals surface area contributed by atoms with Gasteiger partial charge in [-0.1, -0.05) is 0 Å². The zero-order chi connectivity index (χ0) is 8.66. The molecule has 2 unspecified atom stereocenters. The summed E-state index contributed by atoms with van der Waals surface area (Å²) in [5.41, 5.74) is 2.12. The number of ether oxygens (including phenoxy) is 1. The van der Waals surface area contributed by atoms with Gasteiger partial charge in [0.2, 0.25) is 0 Å². The van der Waals surface area contributed by atoms with E-state index in [2.05, 4.69) is 5.43 Å². The molecular formula is C8H15N3O. The Morgan fingerprint density at radius 2 is 2.17 bits per heavy atom. The molecule has 2 aliphatic rings. The molecule has 68 valence electrons. The summed E-state index contributed by atoms with van der Waals surface area (Å²) in [6.07, 6.45) is 6.34. The maximum atomic E-state index is 7.31. The normalized spacial score (nSPS) is 46.1. The van der Waals surface area contributed by atoms with Crippen molar-refractivity contribution in [1.82, 2.24) is 5.43 Å². The van der Waals surface area contributed by atoms with Crippen LogP contribution in [0.4, 0.5) is 0 Å². The van der Waals surface area contributed by atoms with E-state index in [1.54, 1.807) is 0 Å². The Labute approximate surface area is 71.9 Å². The molecule has 0 saturated carbocycles. The van der Waals surface area contributed by atoms with Crippen LogP contribution in [0.25, 0.3) is 0 Å². The Balaban J connectivity index is 2.21. The Kier molecular flexibility index (Phi) is 1.71. The summed E-state index contributed by atoms with van der Waals surface area (Å²) in [6.45, 7) is 0. The smallest absolute Gasteiger partial charge is 0.132 e. The van der Waals surface area contributed by atoms with Gasteiger partial charge in [-0.25, -0.2) is 5.43 Å². The topological polar surface area (TPSA) is 71.1 Å². The van der Waals surface area contributed by atoms with E-state index in [-0.39, 0.29) is 11.3 Å². The molecule has 0 aliphatic carbocycles. The summed E-state index contributed by atoms with van der Waals surface area (Å²) in [5.74, 6) is 5.44. The molecule has 12 heavy (non-hydrogen) atoms. The molecule has 2 rings (SSSR count). The molecule has 2 atom stereocenters. The van der Waals surface area contributed by atoms with E-state index in [1.807, 2.05) is 0 Å². The fourth-order valence-corrected chi connectivity index (χ4v) is 2.28. The van der Waals surface area contributed by atoms with Crippen molar-refractivity contribution in [3.05, 3.63) is 0 Å². The molecule has 4 heteroatoms. The predicted octanol–water partition coefficient (Wildman–Crippen LogP) is 0.529. The van der Waals surface area contributed by atoms with E-state index in [4.69, 9.17) is 16.0 Å². The van der Waals surface area contributed by atoms with Crippen molar-refractivity contribution in [3.8, 4) is 0 Å². The zero-order valence-electron chi connectivity index (χ0n) is 7.10. The van der Waals surface area contributed by atoms with Crippen molar-refractivity contribution < 1.29 is 4.74 Å². The molecular weight excluding hydrogens is 154 g/mol. The van der Waals surface area contributed by atoms with Gasteiger partial charge in [0.25, 0.3) is 0 Å². The van der Waals surface area contributed by atoms with E-state index in [1.165, 1.54) is 6.21 Å². The van der Waals surface area contributed by atoms with Gasteiger partial charge in [-0.3, -0.25) is 5.84 Å². The van der Waals surface area contributed by atoms with Gasteiger partial charge in [-0.2, -0.15) is 0 Å². The average Bonchev–Trinajstić information content (AvgIpc) is 2.41. The standard InChI is InChI=1S/C8H15N3O/c9-6-7-2-1-3-8(11-10,12-7)5-4-7/h6,9,11H,1-5,10H2. The number of nitrogens with one attached hydrogen (secondary N) is 2. The largest absolute Gasteiger partial charge is 0.347 e. The van der Waals surface area contributed by atoms with Gasteiger partial charge < -0.3 is 10.1 Å². The number of fused-ring (bicyclic) bond motifs is 2. The monoisotopic (exact) mass is 169 g/mol. The minimum absolute atomic E-state index is 0.301. The molecule has 0 amide bonds. The first kappa shape index (κ1) is 8.16. The van der Waals surface area contributed by atoms with Gasteiger partial charge >= 0.3 is 0 Å². The number of nitrogens with two attached hydrogens (primary N) is 1. The molecule has 0 aromatic carbocycles. The lowest BCUT2D eigenvalue weighted by Crippen LogP contribution is -2.53. The highest BCUT2D eigenvalue weighted by atomic mass is 16.5. The van der Waals surface area contributed by atoms with Crippen LogP contribution in [0, 0.1) is 5.41 Å². The first-order chi connectivity index (χ1) is 5.74. The second-order valence-corrected chi connectivity index (χ2v) is 3.80. The SMILES string of the molecule is N=CC12CCCC(NN)(CC1)O2. The van der Waals surface area contributed by atoms with Crippen LogP contribution in [0.2, 0.25) is 0 Å². The summed E-state index contributed by atoms with van der Waals surface area (Å²) in [4.78, 5) is 0. The summed E-state index contributed by atoms with van der Waals surface area (Å²) < 4.78 is 5.79. The van der Waals surface area contributed by atoms with Gasteiger partial charge in [0.05, 0.1) is 0 Å². The maximum Gasteiger partial charge on any atom is 0.132 e. The van der Waals surface area contributed by atoms with Crippen LogP contribution in [0.1, 0.15) is 32.1 Å². The maximum absolute atomic E-state index is 7.31. The zero-order valence-corrected chi connectivity index (χ0v) is 7.10. The van der Waals surface area contributed by atoms with E-state index in [9.17, 15) is 0 Å². The Bertz CT molecular complexity index is 208. The average molecular weight is 169 g/mol. The van der Waals surface area contributed by atoms with Crippen molar-refractivity contribution in [1.29, 1.82) is 5.41 Å². The Morgan fingerprint density at radius 3 is 2.83 bits per heavy atom. The molecule has 2 heterocycles. The van der Waals surface area contributed by atoms with Crippen LogP contribution in [-0.4, -0.2) is 17.5 Å². The third-order valence-electron chi connectivity index (χ3n) is 3.06. The fraction of sp³-hybridized carbons (Fsp3) is 0.875. The Morgan fingerprint density at radius 1 is 1.33 bits per heavy atom. The molecule has 0 aromatic heterocycles. The lowest BCUT2D eigenvalue weighted by molar-refractivity contribution is -0.122. The van der Waals surface area contributed by atoms with Gasteiger partial charge in [0.1, 0.15) is 11.3 Å². The van der Waals surface area contributed by atoms with Crippen molar-refractivity contribution in [3.63, 3.8) is 0 Å². The molecule has 2 aliphatic heterocycles. The first-order valence-electron chi connectivity index (χ1n) is 4.44. The van der Waals surface area contributed by atoms with Crippen LogP contribution in [0.5, 0.6) is 0 Å². The lowest BCUT2D eigenvalue weighted by Gasteiger charge is -2.37. The summed E-state index contributed by atoms with van der Waals surface area (Å²) in [7, 11) is 0. The minimum atomic E-state index is -0.324. The summed E-state index contributed by atoms with van der Waals surface area (Å²) in [5, 5.41) is 7.31. The second-order valence-electron chi connectivity index (χ2n) is 3.80. The summed E-state index contributed by atoms with van der Waals surface area (Å²) in [6, 6.07) is 0. The number of hydrazine groups is 1. The molecule has 2 bridgehead atoms. The van der Waals surface area contributed by atoms with Crippen molar-refractivity contribution in [2.24, 2.45) is 5.84 Å². The number of hydrogen-bond acceptors (Lipinski definition) is 4. The van der Waals surface area contributed by atoms with Crippen LogP contribution >= 0.6 is 0 Å². The van der Waals surface area contributed by atoms with E-state index in [0.29, 0.717) is 0 Å². The van der Waals surface area contributed by atoms with Crippen LogP contribution in [-0.2, 0) is 4.74 Å². The van der Waals surface area contributed by atoms with Crippen molar-refractivity contribution in [2.75, 3.05) is 0 Å². The van der Waals surface area contributed by atoms with Crippen LogP contribution < -0.4 is 11.3 Å². The predicted molar refractivity (Wildman–Crippen MR) is 45.7 cm³/mol. The van der Waals surface area contributed by atoms with Gasteiger partial charge in [-0.15, -0.1) is 0 Å². The molecule has 0 aromatic rings. The van der Waals surface area contributed by atoms with Crippen molar-refractivity contribution >= 4 is 6.21 Å². The molecule has 0 spiro atoms. The lowest BCUT2D eigenvalue weighted by atomic mass is 9.96. The second kappa shape index (κ2) is 2.52. The third-order valence-corrected chi connectivity index (χ3v) is 3.06. The summed E-state index contributed by atoms with van der Waals surface area (Å²) >= 11 is 0. The van der Waals surface area contributed by atoms with Gasteiger partial charge in [-0.05, 0) is 32.1 Å². The molecule has 2 saturated heterocycles. The quantitative estimate of drug-likeness (QED) is 0.321. The number of hydrogen-bond donors (Lipinski definition) is 3. The first-order valence-corrected chi connectivity index (χ1v) is 4.44. The van der Waals surface area contributed by atoms with Gasteiger partial charge in [0.15, 0.2) is 0 Å². The highest BCUT2D eigenvalue weighted by Crippen LogP contribution is 2.45. The minimum Gasteiger partial charge on any atom is -0.347 e. The third kappa shape index (κ3) is 0.990. The van der Waals surface area contributed by atoms with Gasteiger partial charge in [0, 0.05) is 6.21 Å². The molecule has 4 nitrogen and oxygen atoms in total. The highest BCUT2D eigenvalue weighted by molar-refractivity contribution is 5.66. The fourth-order valence-electron chi connectivity index (χ4n) is 2.28. The van der Waals surface area contributed by atoms with Crippen molar-refractivity contribution in [2.45, 2.75) is 43.4 Å². The molecule has 2 fully saturated rings. The van der Waals surface area contributed by atoms with E-state index in [0.717, 1.165) is 32.1 Å². The van der Waals surface area contributed by atoms with Crippen LogP contribution in [0.15, 0.2) is 0 Å². The Hall–Kier alpha value is -0.450.